The van der Waals surface area contributed by atoms with Gasteiger partial charge < -0.3 is 10.4 Å². The Bertz CT molecular complexity index is 457. The number of nitrogens with one attached hydrogen (secondary N) is 1. The van der Waals surface area contributed by atoms with Crippen LogP contribution in [0.3, 0.4) is 0 Å². The summed E-state index contributed by atoms with van der Waals surface area (Å²) in [5, 5.41) is 11.8. The van der Waals surface area contributed by atoms with E-state index < -0.39 is 11.7 Å². The van der Waals surface area contributed by atoms with Gasteiger partial charge in [0.25, 0.3) is 5.91 Å². The first kappa shape index (κ1) is 16.0. The topological polar surface area (TPSA) is 49.3 Å². The molecule has 5 heteroatoms. The highest BCUT2D eigenvalue weighted by Crippen LogP contribution is 2.22. The van der Waals surface area contributed by atoms with Crippen molar-refractivity contribution in [1.82, 2.24) is 5.32 Å². The van der Waals surface area contributed by atoms with Gasteiger partial charge in [-0.2, -0.15) is 0 Å². The monoisotopic (exact) mass is 285 g/mol. The maximum Gasteiger partial charge on any atom is 0.254 e. The summed E-state index contributed by atoms with van der Waals surface area (Å²) < 4.78 is 13.6. The molecular weight excluding hydrogens is 265 g/mol. The Hall–Kier alpha value is -1.07. The Balaban J connectivity index is 2.91. The number of hydrogen-bond acceptors (Lipinski definition) is 3. The van der Waals surface area contributed by atoms with Crippen molar-refractivity contribution in [2.24, 2.45) is 5.41 Å². The number of hydrogen-bond donors (Lipinski definition) is 3. The van der Waals surface area contributed by atoms with Crippen molar-refractivity contribution in [3.05, 3.63) is 29.6 Å². The lowest BCUT2D eigenvalue weighted by molar-refractivity contribution is 0.0881. The molecule has 0 fully saturated rings. The minimum Gasteiger partial charge on any atom is -0.396 e. The second-order valence-electron chi connectivity index (χ2n) is 5.57. The molecule has 0 aliphatic rings. The molecule has 1 atom stereocenters. The second-order valence-corrected chi connectivity index (χ2v) is 6.08. The zero-order chi connectivity index (χ0) is 14.6. The molecule has 106 valence electrons. The van der Waals surface area contributed by atoms with Gasteiger partial charge >= 0.3 is 0 Å². The van der Waals surface area contributed by atoms with Gasteiger partial charge in [0.2, 0.25) is 0 Å². The summed E-state index contributed by atoms with van der Waals surface area (Å²) >= 11 is 4.10. The van der Waals surface area contributed by atoms with Crippen molar-refractivity contribution in [3.8, 4) is 0 Å². The van der Waals surface area contributed by atoms with Crippen LogP contribution in [0, 0.1) is 11.2 Å². The fourth-order valence-corrected chi connectivity index (χ4v) is 1.98. The fourth-order valence-electron chi connectivity index (χ4n) is 1.77. The van der Waals surface area contributed by atoms with E-state index in [1.165, 1.54) is 18.2 Å². The second kappa shape index (κ2) is 6.39. The van der Waals surface area contributed by atoms with Crippen LogP contribution in [0.5, 0.6) is 0 Å². The van der Waals surface area contributed by atoms with Gasteiger partial charge in [0.05, 0.1) is 5.56 Å². The summed E-state index contributed by atoms with van der Waals surface area (Å²) in [6, 6.07) is 3.87. The lowest BCUT2D eigenvalue weighted by atomic mass is 9.84. The lowest BCUT2D eigenvalue weighted by Gasteiger charge is -2.31. The number of benzene rings is 1. The van der Waals surface area contributed by atoms with Gasteiger partial charge in [0, 0.05) is 17.5 Å². The number of amides is 1. The highest BCUT2D eigenvalue weighted by atomic mass is 32.1. The SMILES string of the molecule is CC(C)(C)C(CCO)NC(=O)c1cc(S)ccc1F. The summed E-state index contributed by atoms with van der Waals surface area (Å²) in [5.74, 6) is -1.06. The zero-order valence-electron chi connectivity index (χ0n) is 11.4. The van der Waals surface area contributed by atoms with Crippen molar-refractivity contribution in [2.45, 2.75) is 38.1 Å². The summed E-state index contributed by atoms with van der Waals surface area (Å²) in [7, 11) is 0. The Morgan fingerprint density at radius 1 is 1.47 bits per heavy atom. The number of carbonyl (C=O) groups excluding carboxylic acids is 1. The van der Waals surface area contributed by atoms with Gasteiger partial charge in [0.15, 0.2) is 0 Å². The van der Waals surface area contributed by atoms with Crippen LogP contribution in [-0.2, 0) is 0 Å². The van der Waals surface area contributed by atoms with Gasteiger partial charge in [-0.25, -0.2) is 4.39 Å². The highest BCUT2D eigenvalue weighted by Gasteiger charge is 2.26. The molecule has 1 unspecified atom stereocenters. The minimum absolute atomic E-state index is 0.0281. The molecule has 1 amide bonds. The fraction of sp³-hybridized carbons (Fsp3) is 0.500. The molecule has 19 heavy (non-hydrogen) atoms. The van der Waals surface area contributed by atoms with E-state index >= 15 is 0 Å². The zero-order valence-corrected chi connectivity index (χ0v) is 12.3. The Morgan fingerprint density at radius 2 is 2.11 bits per heavy atom. The van der Waals surface area contributed by atoms with E-state index in [1.54, 1.807) is 0 Å². The van der Waals surface area contributed by atoms with Crippen molar-refractivity contribution < 1.29 is 14.3 Å². The molecule has 1 aromatic carbocycles. The van der Waals surface area contributed by atoms with Crippen molar-refractivity contribution in [3.63, 3.8) is 0 Å². The van der Waals surface area contributed by atoms with E-state index in [9.17, 15) is 9.18 Å². The number of aliphatic hydroxyl groups excluding tert-OH is 1. The predicted octanol–water partition coefficient (Wildman–Crippen LogP) is 2.64. The van der Waals surface area contributed by atoms with Crippen LogP contribution in [0.4, 0.5) is 4.39 Å². The lowest BCUT2D eigenvalue weighted by Crippen LogP contribution is -2.44. The van der Waals surface area contributed by atoms with Crippen LogP contribution in [0.2, 0.25) is 0 Å². The van der Waals surface area contributed by atoms with Gasteiger partial charge in [-0.3, -0.25) is 4.79 Å². The molecule has 0 heterocycles. The minimum atomic E-state index is -0.577. The molecule has 3 nitrogen and oxygen atoms in total. The molecule has 0 aliphatic carbocycles. The van der Waals surface area contributed by atoms with E-state index in [1.807, 2.05) is 20.8 Å². The third-order valence-electron chi connectivity index (χ3n) is 2.96. The van der Waals surface area contributed by atoms with E-state index in [-0.39, 0.29) is 23.6 Å². The molecule has 2 N–H and O–H groups in total. The predicted molar refractivity (Wildman–Crippen MR) is 76.1 cm³/mol. The Kier molecular flexibility index (Phi) is 5.38. The molecule has 0 spiro atoms. The molecule has 0 saturated carbocycles. The van der Waals surface area contributed by atoms with Gasteiger partial charge in [-0.1, -0.05) is 20.8 Å². The molecule has 0 aromatic heterocycles. The van der Waals surface area contributed by atoms with Crippen molar-refractivity contribution in [2.75, 3.05) is 6.61 Å². The average molecular weight is 285 g/mol. The molecule has 0 radical (unpaired) electrons. The number of thiol groups is 1. The first-order valence-electron chi connectivity index (χ1n) is 6.16. The van der Waals surface area contributed by atoms with Gasteiger partial charge in [-0.05, 0) is 30.0 Å². The van der Waals surface area contributed by atoms with Crippen LogP contribution >= 0.6 is 12.6 Å². The van der Waals surface area contributed by atoms with Crippen LogP contribution < -0.4 is 5.32 Å². The number of aliphatic hydroxyl groups is 1. The Labute approximate surface area is 118 Å². The molecule has 1 rings (SSSR count). The van der Waals surface area contributed by atoms with Crippen LogP contribution in [0.15, 0.2) is 23.1 Å². The van der Waals surface area contributed by atoms with Crippen molar-refractivity contribution >= 4 is 18.5 Å². The van der Waals surface area contributed by atoms with E-state index in [4.69, 9.17) is 5.11 Å². The smallest absolute Gasteiger partial charge is 0.254 e. The van der Waals surface area contributed by atoms with Crippen LogP contribution in [0.25, 0.3) is 0 Å². The van der Waals surface area contributed by atoms with Crippen molar-refractivity contribution in [1.29, 1.82) is 0 Å². The summed E-state index contributed by atoms with van der Waals surface area (Å²) in [6.45, 7) is 5.84. The molecule has 0 bridgehead atoms. The maximum atomic E-state index is 13.6. The van der Waals surface area contributed by atoms with E-state index in [0.29, 0.717) is 11.3 Å². The molecule has 0 aliphatic heterocycles. The first-order chi connectivity index (χ1) is 8.75. The quantitative estimate of drug-likeness (QED) is 0.745. The largest absolute Gasteiger partial charge is 0.396 e. The van der Waals surface area contributed by atoms with Crippen LogP contribution in [-0.4, -0.2) is 23.7 Å². The average Bonchev–Trinajstić information content (AvgIpc) is 2.30. The summed E-state index contributed by atoms with van der Waals surface area (Å²) in [5.41, 5.74) is -0.243. The normalized spacial score (nSPS) is 13.2. The number of carbonyl (C=O) groups is 1. The third-order valence-corrected chi connectivity index (χ3v) is 3.24. The first-order valence-corrected chi connectivity index (χ1v) is 6.60. The van der Waals surface area contributed by atoms with Gasteiger partial charge in [0.1, 0.15) is 5.82 Å². The number of rotatable bonds is 4. The number of halogens is 1. The molecular formula is C14H20FNO2S. The summed E-state index contributed by atoms with van der Waals surface area (Å²) in [6.07, 6.45) is 0.428. The van der Waals surface area contributed by atoms with E-state index in [2.05, 4.69) is 17.9 Å². The Morgan fingerprint density at radius 3 is 2.63 bits per heavy atom. The third kappa shape index (κ3) is 4.51. The summed E-state index contributed by atoms with van der Waals surface area (Å²) in [4.78, 5) is 12.6. The maximum absolute atomic E-state index is 13.6. The van der Waals surface area contributed by atoms with Gasteiger partial charge in [-0.15, -0.1) is 12.6 Å². The molecule has 0 saturated heterocycles. The highest BCUT2D eigenvalue weighted by molar-refractivity contribution is 7.80. The standard InChI is InChI=1S/C14H20FNO2S/c1-14(2,3)12(6-7-17)16-13(18)10-8-9(19)4-5-11(10)15/h4-5,8,12,17,19H,6-7H2,1-3H3,(H,16,18). The van der Waals surface area contributed by atoms with E-state index in [0.717, 1.165) is 0 Å². The molecule has 1 aromatic rings. The van der Waals surface area contributed by atoms with Crippen LogP contribution in [0.1, 0.15) is 37.6 Å².